The van der Waals surface area contributed by atoms with Gasteiger partial charge >= 0.3 is 0 Å². The topological polar surface area (TPSA) is 44.7 Å². The number of likely N-dealkylation sites (N-methyl/N-ethyl adjacent to an activating group) is 1. The van der Waals surface area contributed by atoms with E-state index < -0.39 is 0 Å². The van der Waals surface area contributed by atoms with Crippen LogP contribution in [0.3, 0.4) is 0 Å². The molecule has 0 saturated carbocycles. The van der Waals surface area contributed by atoms with Gasteiger partial charge < -0.3 is 15.2 Å². The summed E-state index contributed by atoms with van der Waals surface area (Å²) in [5, 5.41) is 13.0. The first-order valence-corrected chi connectivity index (χ1v) is 6.63. The summed E-state index contributed by atoms with van der Waals surface area (Å²) in [5.74, 6) is 1.10. The van der Waals surface area contributed by atoms with Crippen molar-refractivity contribution < 1.29 is 9.84 Å². The molecule has 2 N–H and O–H groups in total. The first-order chi connectivity index (χ1) is 8.74. The second-order valence-electron chi connectivity index (χ2n) is 5.28. The Balaban J connectivity index is 1.70. The van der Waals surface area contributed by atoms with Crippen LogP contribution in [0.1, 0.15) is 24.4 Å². The highest BCUT2D eigenvalue weighted by atomic mass is 16.5. The fourth-order valence-corrected chi connectivity index (χ4v) is 2.93. The van der Waals surface area contributed by atoms with Crippen LogP contribution in [-0.2, 0) is 0 Å². The quantitative estimate of drug-likeness (QED) is 0.851. The summed E-state index contributed by atoms with van der Waals surface area (Å²) in [5.41, 5.74) is 1.19. The monoisotopic (exact) mass is 248 g/mol. The maximum atomic E-state index is 9.45. The van der Waals surface area contributed by atoms with Crippen molar-refractivity contribution in [3.8, 4) is 11.5 Å². The number of phenols is 1. The van der Waals surface area contributed by atoms with Crippen molar-refractivity contribution in [1.82, 2.24) is 10.2 Å². The Hall–Kier alpha value is -1.26. The molecule has 1 aromatic rings. The van der Waals surface area contributed by atoms with Crippen LogP contribution in [0, 0.1) is 0 Å². The highest BCUT2D eigenvalue weighted by Gasteiger charge is 2.29. The smallest absolute Gasteiger partial charge is 0.127 e. The van der Waals surface area contributed by atoms with Crippen LogP contribution >= 0.6 is 0 Å². The van der Waals surface area contributed by atoms with E-state index in [1.807, 2.05) is 6.07 Å². The molecule has 0 amide bonds. The number of nitrogens with zero attached hydrogens (tertiary/aromatic N) is 1. The van der Waals surface area contributed by atoms with Gasteiger partial charge in [-0.1, -0.05) is 0 Å². The van der Waals surface area contributed by atoms with E-state index in [1.54, 1.807) is 12.1 Å². The summed E-state index contributed by atoms with van der Waals surface area (Å²) in [4.78, 5) is 2.35. The number of aromatic hydroxyl groups is 1. The fourth-order valence-electron chi connectivity index (χ4n) is 2.93. The summed E-state index contributed by atoms with van der Waals surface area (Å²) in [7, 11) is 2.15. The molecule has 0 radical (unpaired) electrons. The number of phenolic OH excluding ortho intramolecular Hbond substituents is 1. The van der Waals surface area contributed by atoms with Gasteiger partial charge in [-0.25, -0.2) is 0 Å². The van der Waals surface area contributed by atoms with E-state index in [0.717, 1.165) is 18.8 Å². The Morgan fingerprint density at radius 2 is 2.39 bits per heavy atom. The molecule has 18 heavy (non-hydrogen) atoms. The number of hydrogen-bond donors (Lipinski definition) is 2. The predicted octanol–water partition coefficient (Wildman–Crippen LogP) is 1.51. The molecule has 2 aliphatic heterocycles. The van der Waals surface area contributed by atoms with Gasteiger partial charge in [-0.15, -0.1) is 0 Å². The summed E-state index contributed by atoms with van der Waals surface area (Å²) >= 11 is 0. The minimum Gasteiger partial charge on any atom is -0.508 e. The first-order valence-electron chi connectivity index (χ1n) is 6.63. The Morgan fingerprint density at radius 3 is 3.17 bits per heavy atom. The molecule has 1 fully saturated rings. The van der Waals surface area contributed by atoms with Gasteiger partial charge in [-0.05, 0) is 38.6 Å². The van der Waals surface area contributed by atoms with Gasteiger partial charge in [0.05, 0.1) is 6.04 Å². The van der Waals surface area contributed by atoms with Crippen LogP contribution < -0.4 is 10.1 Å². The zero-order chi connectivity index (χ0) is 12.5. The number of fused-ring (bicyclic) bond motifs is 1. The molecule has 98 valence electrons. The molecule has 2 heterocycles. The van der Waals surface area contributed by atoms with Crippen molar-refractivity contribution in [2.75, 3.05) is 26.7 Å². The Kier molecular flexibility index (Phi) is 3.14. The first kappa shape index (κ1) is 11.8. The molecule has 1 aromatic carbocycles. The molecular formula is C14H20N2O2. The fraction of sp³-hybridized carbons (Fsp3) is 0.571. The standard InChI is InChI=1S/C14H20N2O2/c1-16(8-10-3-2-6-15-10)13-9-18-14-7-11(17)4-5-12(13)14/h4-5,7,10,13,15,17H,2-3,6,8-9H2,1H3. The maximum Gasteiger partial charge on any atom is 0.127 e. The minimum atomic E-state index is 0.273. The summed E-state index contributed by atoms with van der Waals surface area (Å²) < 4.78 is 5.66. The number of rotatable bonds is 3. The van der Waals surface area contributed by atoms with Crippen molar-refractivity contribution in [3.05, 3.63) is 23.8 Å². The molecule has 1 saturated heterocycles. The second-order valence-corrected chi connectivity index (χ2v) is 5.28. The van der Waals surface area contributed by atoms with Gasteiger partial charge in [-0.3, -0.25) is 4.90 Å². The van der Waals surface area contributed by atoms with Gasteiger partial charge in [-0.2, -0.15) is 0 Å². The van der Waals surface area contributed by atoms with E-state index in [9.17, 15) is 5.11 Å². The number of ether oxygens (including phenoxy) is 1. The van der Waals surface area contributed by atoms with E-state index in [0.29, 0.717) is 18.7 Å². The summed E-state index contributed by atoms with van der Waals surface area (Å²) in [6, 6.07) is 6.33. The number of hydrogen-bond acceptors (Lipinski definition) is 4. The van der Waals surface area contributed by atoms with Crippen LogP contribution in [0.2, 0.25) is 0 Å². The van der Waals surface area contributed by atoms with Gasteiger partial charge in [0.15, 0.2) is 0 Å². The molecule has 0 aliphatic carbocycles. The molecule has 4 nitrogen and oxygen atoms in total. The molecule has 0 spiro atoms. The molecular weight excluding hydrogens is 228 g/mol. The van der Waals surface area contributed by atoms with Crippen LogP contribution in [0.15, 0.2) is 18.2 Å². The highest BCUT2D eigenvalue weighted by molar-refractivity contribution is 5.44. The third-order valence-electron chi connectivity index (χ3n) is 3.96. The zero-order valence-electron chi connectivity index (χ0n) is 10.7. The van der Waals surface area contributed by atoms with E-state index >= 15 is 0 Å². The highest BCUT2D eigenvalue weighted by Crippen LogP contribution is 2.37. The maximum absolute atomic E-state index is 9.45. The van der Waals surface area contributed by atoms with Crippen molar-refractivity contribution in [2.24, 2.45) is 0 Å². The molecule has 2 atom stereocenters. The van der Waals surface area contributed by atoms with Crippen molar-refractivity contribution in [1.29, 1.82) is 0 Å². The average Bonchev–Trinajstić information content (AvgIpc) is 2.97. The SMILES string of the molecule is CN(CC1CCCN1)C1COc2cc(O)ccc21. The zero-order valence-corrected chi connectivity index (χ0v) is 10.7. The molecule has 4 heteroatoms. The number of nitrogens with one attached hydrogen (secondary N) is 1. The molecule has 0 bridgehead atoms. The Morgan fingerprint density at radius 1 is 1.50 bits per heavy atom. The van der Waals surface area contributed by atoms with E-state index in [-0.39, 0.29) is 5.75 Å². The van der Waals surface area contributed by atoms with Gasteiger partial charge in [0.2, 0.25) is 0 Å². The Labute approximate surface area is 108 Å². The van der Waals surface area contributed by atoms with Crippen LogP contribution in [0.4, 0.5) is 0 Å². The van der Waals surface area contributed by atoms with E-state index in [1.165, 1.54) is 18.4 Å². The van der Waals surface area contributed by atoms with Crippen LogP contribution in [-0.4, -0.2) is 42.8 Å². The lowest BCUT2D eigenvalue weighted by molar-refractivity contribution is 0.183. The molecule has 2 aliphatic rings. The largest absolute Gasteiger partial charge is 0.508 e. The van der Waals surface area contributed by atoms with Gasteiger partial charge in [0.25, 0.3) is 0 Å². The normalized spacial score (nSPS) is 26.3. The van der Waals surface area contributed by atoms with Gasteiger partial charge in [0.1, 0.15) is 18.1 Å². The second kappa shape index (κ2) is 4.78. The lowest BCUT2D eigenvalue weighted by Gasteiger charge is -2.26. The Bertz CT molecular complexity index is 430. The van der Waals surface area contributed by atoms with Crippen molar-refractivity contribution in [2.45, 2.75) is 24.9 Å². The van der Waals surface area contributed by atoms with Crippen LogP contribution in [0.5, 0.6) is 11.5 Å². The van der Waals surface area contributed by atoms with Crippen molar-refractivity contribution >= 4 is 0 Å². The van der Waals surface area contributed by atoms with Crippen molar-refractivity contribution in [3.63, 3.8) is 0 Å². The van der Waals surface area contributed by atoms with E-state index in [4.69, 9.17) is 4.74 Å². The predicted molar refractivity (Wildman–Crippen MR) is 70.0 cm³/mol. The summed E-state index contributed by atoms with van der Waals surface area (Å²) in [6.45, 7) is 2.88. The molecule has 0 aromatic heterocycles. The lowest BCUT2D eigenvalue weighted by Crippen LogP contribution is -2.37. The minimum absolute atomic E-state index is 0.273. The third kappa shape index (κ3) is 2.18. The summed E-state index contributed by atoms with van der Waals surface area (Å²) in [6.07, 6.45) is 2.55. The average molecular weight is 248 g/mol. The van der Waals surface area contributed by atoms with Gasteiger partial charge in [0, 0.05) is 24.2 Å². The molecule has 3 rings (SSSR count). The molecule has 2 unspecified atom stereocenters. The third-order valence-corrected chi connectivity index (χ3v) is 3.96. The number of benzene rings is 1. The lowest BCUT2D eigenvalue weighted by atomic mass is 10.1. The van der Waals surface area contributed by atoms with Crippen LogP contribution in [0.25, 0.3) is 0 Å². The van der Waals surface area contributed by atoms with E-state index in [2.05, 4.69) is 17.3 Å².